The van der Waals surface area contributed by atoms with Gasteiger partial charge in [0.2, 0.25) is 0 Å². The van der Waals surface area contributed by atoms with Gasteiger partial charge >= 0.3 is 41.7 Å². The molecule has 9 N–H and O–H groups in total. The Morgan fingerprint density at radius 2 is 0.627 bits per heavy atom. The van der Waals surface area contributed by atoms with Crippen LogP contribution >= 0.6 is 23.5 Å². The number of carbonyl (C=O) groups excluding carboxylic acids is 3. The number of carbonyl (C=O) groups is 3. The number of hydrogen-bond acceptors (Lipinski definition) is 12. The monoisotopic (exact) mass is 777 g/mol. The van der Waals surface area contributed by atoms with Gasteiger partial charge in [0.15, 0.2) is 18.3 Å². The van der Waals surface area contributed by atoms with Gasteiger partial charge in [-0.05, 0) is 36.4 Å². The summed E-state index contributed by atoms with van der Waals surface area (Å²) in [6.07, 6.45) is -19.8. The molecule has 276 valence electrons. The molecule has 1 aliphatic rings. The fraction of sp³-hybridized carbons (Fsp3) is 0.222. The molecular weight excluding hydrogens is 747 g/mol. The van der Waals surface area contributed by atoms with Crippen molar-refractivity contribution in [3.05, 3.63) is 91.0 Å². The Labute approximate surface area is 287 Å². The summed E-state index contributed by atoms with van der Waals surface area (Å²) < 4.78 is 66.8. The first-order valence-corrected chi connectivity index (χ1v) is 18.8. The lowest BCUT2D eigenvalue weighted by atomic mass is 9.84. The third kappa shape index (κ3) is 12.8. The van der Waals surface area contributed by atoms with Crippen molar-refractivity contribution in [3.8, 4) is 0 Å². The van der Waals surface area contributed by atoms with Gasteiger partial charge in [-0.2, -0.15) is 0 Å². The van der Waals surface area contributed by atoms with Crippen molar-refractivity contribution < 1.29 is 85.2 Å². The molecule has 1 fully saturated rings. The normalized spacial score (nSPS) is 22.2. The number of rotatable bonds is 12. The van der Waals surface area contributed by atoms with Crippen LogP contribution in [0, 0.1) is 0 Å². The van der Waals surface area contributed by atoms with Crippen LogP contribution in [0.4, 0.5) is 31.4 Å². The molecule has 21 nitrogen and oxygen atoms in total. The predicted octanol–water partition coefficient (Wildman–Crippen LogP) is 3.29. The van der Waals surface area contributed by atoms with Gasteiger partial charge in [0.25, 0.3) is 0 Å². The highest BCUT2D eigenvalue weighted by Gasteiger charge is 2.62. The number of benzene rings is 3. The smallest absolute Gasteiger partial charge is 0.439 e. The maximum atomic E-state index is 13.2. The summed E-state index contributed by atoms with van der Waals surface area (Å²) in [6.45, 7) is 0. The second kappa shape index (κ2) is 16.9. The molecule has 0 radical (unpaired) electrons. The van der Waals surface area contributed by atoms with Crippen LogP contribution in [0.15, 0.2) is 91.0 Å². The molecule has 4 rings (SSSR count). The van der Waals surface area contributed by atoms with E-state index in [0.29, 0.717) is 0 Å². The van der Waals surface area contributed by atoms with E-state index in [2.05, 4.69) is 20.5 Å². The molecule has 3 amide bonds. The third-order valence-electron chi connectivity index (χ3n) is 6.51. The van der Waals surface area contributed by atoms with E-state index in [0.717, 1.165) is 0 Å². The van der Waals surface area contributed by atoms with Crippen LogP contribution in [0.3, 0.4) is 0 Å². The Morgan fingerprint density at radius 3 is 0.863 bits per heavy atom. The minimum absolute atomic E-state index is 0.0887. The van der Waals surface area contributed by atoms with E-state index in [9.17, 15) is 57.4 Å². The van der Waals surface area contributed by atoms with Crippen LogP contribution in [0.25, 0.3) is 0 Å². The Balaban J connectivity index is 1.87. The number of anilines is 3. The molecule has 0 bridgehead atoms. The number of phosphoric ester groups is 3. The molecule has 3 aromatic rings. The fourth-order valence-corrected chi connectivity index (χ4v) is 6.41. The summed E-state index contributed by atoms with van der Waals surface area (Å²) >= 11 is 0. The van der Waals surface area contributed by atoms with Crippen molar-refractivity contribution in [1.82, 2.24) is 0 Å². The predicted molar refractivity (Wildman–Crippen MR) is 172 cm³/mol. The lowest BCUT2D eigenvalue weighted by Crippen LogP contribution is -2.68. The van der Waals surface area contributed by atoms with E-state index in [4.69, 9.17) is 23.3 Å². The first kappa shape index (κ1) is 39.6. The van der Waals surface area contributed by atoms with Crippen LogP contribution in [-0.2, 0) is 41.5 Å². The van der Waals surface area contributed by atoms with E-state index in [-0.39, 0.29) is 17.1 Å². The van der Waals surface area contributed by atoms with Crippen LogP contribution in [-0.4, -0.2) is 84.3 Å². The molecule has 0 aromatic heterocycles. The molecule has 0 heterocycles. The second-order valence-electron chi connectivity index (χ2n) is 10.3. The van der Waals surface area contributed by atoms with Crippen molar-refractivity contribution in [1.29, 1.82) is 0 Å². The van der Waals surface area contributed by atoms with E-state index < -0.39 is 78.4 Å². The number of nitrogens with one attached hydrogen (secondary N) is 3. The van der Waals surface area contributed by atoms with Gasteiger partial charge in [0.05, 0.1) is 0 Å². The van der Waals surface area contributed by atoms with E-state index in [1.165, 1.54) is 72.8 Å². The fourth-order valence-electron chi connectivity index (χ4n) is 4.74. The van der Waals surface area contributed by atoms with Crippen LogP contribution < -0.4 is 16.0 Å². The van der Waals surface area contributed by atoms with Crippen molar-refractivity contribution in [2.75, 3.05) is 16.0 Å². The van der Waals surface area contributed by atoms with Gasteiger partial charge in [0, 0.05) is 17.1 Å². The number of hydrogen-bond donors (Lipinski definition) is 9. The third-order valence-corrected chi connectivity index (χ3v) is 8.06. The molecular formula is C27H30N3O18P3. The number of amides is 3. The van der Waals surface area contributed by atoms with E-state index >= 15 is 0 Å². The maximum Gasteiger partial charge on any atom is 0.470 e. The largest absolute Gasteiger partial charge is 0.470 e. The number of ether oxygens (including phenoxy) is 3. The van der Waals surface area contributed by atoms with Gasteiger partial charge in [-0.15, -0.1) is 0 Å². The Kier molecular flexibility index (Phi) is 13.1. The highest BCUT2D eigenvalue weighted by atomic mass is 31.2. The molecule has 1 saturated carbocycles. The molecule has 24 heteroatoms. The average Bonchev–Trinajstić information content (AvgIpc) is 3.02. The van der Waals surface area contributed by atoms with Crippen molar-refractivity contribution in [2.45, 2.75) is 36.6 Å². The van der Waals surface area contributed by atoms with Crippen molar-refractivity contribution in [3.63, 3.8) is 0 Å². The van der Waals surface area contributed by atoms with Gasteiger partial charge in [-0.3, -0.25) is 29.5 Å². The topological polar surface area (TPSA) is 315 Å². The molecule has 0 saturated heterocycles. The molecule has 0 aliphatic heterocycles. The van der Waals surface area contributed by atoms with Crippen molar-refractivity contribution in [2.24, 2.45) is 0 Å². The minimum Gasteiger partial charge on any atom is -0.439 e. The van der Waals surface area contributed by atoms with Gasteiger partial charge in [0.1, 0.15) is 18.3 Å². The van der Waals surface area contributed by atoms with Crippen LogP contribution in [0.5, 0.6) is 0 Å². The van der Waals surface area contributed by atoms with Crippen LogP contribution in [0.2, 0.25) is 0 Å². The van der Waals surface area contributed by atoms with Gasteiger partial charge < -0.3 is 43.6 Å². The standard InChI is InChI=1S/C27H30N3O18P3/c31-25(28-16-10-4-1-5-11-16)43-19-20(44-26(32)29-17-12-6-2-7-13-17)22(46-49(34,35)36)24(48-51(40,41)42)23(47-50(37,38)39)21(19)45-27(33)30-18-14-8-3-9-15-18/h1-15,19-24H,(H,28,31)(H,29,32)(H,30,33)(H2,34,35,36)(H2,37,38,39)(H2,40,41,42)/t19?,20-,21+,22-,23-,24?/m1/s1. The minimum atomic E-state index is -5.86. The average molecular weight is 777 g/mol. The summed E-state index contributed by atoms with van der Waals surface area (Å²) in [5.41, 5.74) is 0.280. The molecule has 6 atom stereocenters. The SMILES string of the molecule is O=C(Nc1ccccc1)OC1[C@@H](OC(=O)Nc2ccccc2)[C@@H](OP(=O)(O)O)C(OP(=O)(O)O)[C@H](OP(=O)(O)O)[C@H]1OC(=O)Nc1ccccc1. The first-order valence-electron chi connectivity index (χ1n) is 14.2. The molecule has 1 aliphatic carbocycles. The lowest BCUT2D eigenvalue weighted by Gasteiger charge is -2.47. The quantitative estimate of drug-likeness (QED) is 0.0941. The molecule has 51 heavy (non-hydrogen) atoms. The first-order chi connectivity index (χ1) is 23.9. The Bertz CT molecular complexity index is 1700. The Morgan fingerprint density at radius 1 is 0.412 bits per heavy atom. The van der Waals surface area contributed by atoms with E-state index in [1.54, 1.807) is 18.2 Å². The van der Waals surface area contributed by atoms with Crippen molar-refractivity contribution >= 4 is 58.8 Å². The van der Waals surface area contributed by atoms with Gasteiger partial charge in [-0.1, -0.05) is 54.6 Å². The molecule has 3 aromatic carbocycles. The highest BCUT2D eigenvalue weighted by Crippen LogP contribution is 2.51. The zero-order chi connectivity index (χ0) is 37.4. The van der Waals surface area contributed by atoms with Gasteiger partial charge in [-0.25, -0.2) is 28.1 Å². The zero-order valence-corrected chi connectivity index (χ0v) is 28.2. The summed E-state index contributed by atoms with van der Waals surface area (Å²) in [4.78, 5) is 98.3. The molecule has 2 unspecified atom stereocenters. The number of phosphoric acid groups is 3. The summed E-state index contributed by atoms with van der Waals surface area (Å²) in [6, 6.07) is 22.1. The summed E-state index contributed by atoms with van der Waals surface area (Å²) in [5, 5.41) is 6.77. The second-order valence-corrected chi connectivity index (χ2v) is 13.8. The highest BCUT2D eigenvalue weighted by molar-refractivity contribution is 7.47. The number of para-hydroxylation sites is 3. The van der Waals surface area contributed by atoms with Crippen LogP contribution in [0.1, 0.15) is 0 Å². The Hall–Kier alpha value is -4.20. The summed E-state index contributed by atoms with van der Waals surface area (Å²) in [7, 11) is -17.5. The van der Waals surface area contributed by atoms with E-state index in [1.807, 2.05) is 0 Å². The maximum absolute atomic E-state index is 13.2. The summed E-state index contributed by atoms with van der Waals surface area (Å²) in [5.74, 6) is 0. The molecule has 0 spiro atoms. The lowest BCUT2D eigenvalue weighted by molar-refractivity contribution is -0.209. The zero-order valence-electron chi connectivity index (χ0n) is 25.5.